The van der Waals surface area contributed by atoms with Crippen LogP contribution < -0.4 is 10.5 Å². The maximum absolute atomic E-state index is 12.1. The molecule has 0 radical (unpaired) electrons. The van der Waals surface area contributed by atoms with Crippen molar-refractivity contribution in [1.82, 2.24) is 14.7 Å². The van der Waals surface area contributed by atoms with Crippen LogP contribution in [0.4, 0.5) is 5.69 Å². The number of aryl methyl sites for hydroxylation is 1. The highest BCUT2D eigenvalue weighted by Crippen LogP contribution is 2.23. The SMILES string of the molecule is Cc1cnc(CNS(=O)(=O)c2cc(N)ccc2Cl)cn1. The number of hydrogen-bond donors (Lipinski definition) is 2. The van der Waals surface area contributed by atoms with Gasteiger partial charge in [0, 0.05) is 11.9 Å². The third kappa shape index (κ3) is 3.44. The third-order valence-corrected chi connectivity index (χ3v) is 4.41. The summed E-state index contributed by atoms with van der Waals surface area (Å²) >= 11 is 5.88. The van der Waals surface area contributed by atoms with Crippen LogP contribution in [-0.2, 0) is 16.6 Å². The lowest BCUT2D eigenvalue weighted by atomic mass is 10.3. The number of nitrogens with one attached hydrogen (secondary N) is 1. The predicted molar refractivity (Wildman–Crippen MR) is 76.7 cm³/mol. The van der Waals surface area contributed by atoms with Gasteiger partial charge in [0.05, 0.1) is 29.2 Å². The molecule has 0 aliphatic heterocycles. The molecule has 6 nitrogen and oxygen atoms in total. The first-order valence-corrected chi connectivity index (χ1v) is 7.57. The van der Waals surface area contributed by atoms with E-state index < -0.39 is 10.0 Å². The van der Waals surface area contributed by atoms with Gasteiger partial charge in [0.1, 0.15) is 4.90 Å². The maximum Gasteiger partial charge on any atom is 0.242 e. The molecule has 2 rings (SSSR count). The Balaban J connectivity index is 2.19. The number of anilines is 1. The first-order chi connectivity index (χ1) is 9.38. The fourth-order valence-electron chi connectivity index (χ4n) is 1.48. The molecule has 0 saturated carbocycles. The van der Waals surface area contributed by atoms with Crippen molar-refractivity contribution in [3.05, 3.63) is 47.0 Å². The Morgan fingerprint density at radius 3 is 2.70 bits per heavy atom. The number of sulfonamides is 1. The van der Waals surface area contributed by atoms with E-state index in [0.717, 1.165) is 5.69 Å². The average molecular weight is 313 g/mol. The van der Waals surface area contributed by atoms with Gasteiger partial charge in [-0.25, -0.2) is 13.1 Å². The summed E-state index contributed by atoms with van der Waals surface area (Å²) in [6.07, 6.45) is 3.08. The molecular weight excluding hydrogens is 300 g/mol. The minimum Gasteiger partial charge on any atom is -0.399 e. The first-order valence-electron chi connectivity index (χ1n) is 5.71. The lowest BCUT2D eigenvalue weighted by Gasteiger charge is -2.08. The van der Waals surface area contributed by atoms with Crippen LogP contribution in [0.5, 0.6) is 0 Å². The molecule has 2 aromatic rings. The van der Waals surface area contributed by atoms with Gasteiger partial charge in [0.25, 0.3) is 0 Å². The minimum absolute atomic E-state index is 0.0285. The zero-order valence-corrected chi connectivity index (χ0v) is 12.2. The van der Waals surface area contributed by atoms with E-state index >= 15 is 0 Å². The fourth-order valence-corrected chi connectivity index (χ4v) is 3.01. The molecule has 1 aromatic heterocycles. The van der Waals surface area contributed by atoms with Gasteiger partial charge in [-0.3, -0.25) is 9.97 Å². The molecule has 0 fully saturated rings. The number of nitrogens with zero attached hydrogens (tertiary/aromatic N) is 2. The van der Waals surface area contributed by atoms with Crippen LogP contribution in [0.3, 0.4) is 0 Å². The Labute approximate surface area is 122 Å². The summed E-state index contributed by atoms with van der Waals surface area (Å²) in [7, 11) is -3.75. The van der Waals surface area contributed by atoms with Crippen molar-refractivity contribution in [1.29, 1.82) is 0 Å². The molecule has 0 aliphatic carbocycles. The molecule has 0 unspecified atom stereocenters. The number of rotatable bonds is 4. The highest BCUT2D eigenvalue weighted by molar-refractivity contribution is 7.89. The van der Waals surface area contributed by atoms with Crippen molar-refractivity contribution < 1.29 is 8.42 Å². The molecular formula is C12H13ClN4O2S. The average Bonchev–Trinajstić information content (AvgIpc) is 2.41. The second kappa shape index (κ2) is 5.74. The van der Waals surface area contributed by atoms with E-state index in [-0.39, 0.29) is 16.5 Å². The van der Waals surface area contributed by atoms with Crippen molar-refractivity contribution >= 4 is 27.3 Å². The minimum atomic E-state index is -3.75. The van der Waals surface area contributed by atoms with Crippen LogP contribution >= 0.6 is 11.6 Å². The summed E-state index contributed by atoms with van der Waals surface area (Å²) in [4.78, 5) is 8.05. The summed E-state index contributed by atoms with van der Waals surface area (Å²) < 4.78 is 26.7. The van der Waals surface area contributed by atoms with Gasteiger partial charge in [-0.05, 0) is 25.1 Å². The largest absolute Gasteiger partial charge is 0.399 e. The summed E-state index contributed by atoms with van der Waals surface area (Å²) in [5.41, 5.74) is 7.17. The molecule has 8 heteroatoms. The molecule has 1 heterocycles. The molecule has 0 saturated heterocycles. The van der Waals surface area contributed by atoms with Crippen molar-refractivity contribution in [2.75, 3.05) is 5.73 Å². The van der Waals surface area contributed by atoms with E-state index in [2.05, 4.69) is 14.7 Å². The van der Waals surface area contributed by atoms with E-state index in [4.69, 9.17) is 17.3 Å². The standard InChI is InChI=1S/C12H13ClN4O2S/c1-8-5-16-10(6-15-8)7-17-20(18,19)12-4-9(14)2-3-11(12)13/h2-6,17H,7,14H2,1H3. The smallest absolute Gasteiger partial charge is 0.242 e. The highest BCUT2D eigenvalue weighted by Gasteiger charge is 2.18. The Morgan fingerprint density at radius 1 is 1.30 bits per heavy atom. The zero-order valence-electron chi connectivity index (χ0n) is 10.7. The topological polar surface area (TPSA) is 98.0 Å². The number of nitrogens with two attached hydrogens (primary N) is 1. The summed E-state index contributed by atoms with van der Waals surface area (Å²) in [5, 5.41) is 0.113. The first kappa shape index (κ1) is 14.7. The maximum atomic E-state index is 12.1. The molecule has 0 atom stereocenters. The van der Waals surface area contributed by atoms with Gasteiger partial charge in [0.15, 0.2) is 0 Å². The van der Waals surface area contributed by atoms with Crippen molar-refractivity contribution in [3.63, 3.8) is 0 Å². The highest BCUT2D eigenvalue weighted by atomic mass is 35.5. The van der Waals surface area contributed by atoms with Gasteiger partial charge in [-0.15, -0.1) is 0 Å². The fraction of sp³-hybridized carbons (Fsp3) is 0.167. The number of benzene rings is 1. The van der Waals surface area contributed by atoms with Crippen LogP contribution in [0.1, 0.15) is 11.4 Å². The van der Waals surface area contributed by atoms with Gasteiger partial charge >= 0.3 is 0 Å². The molecule has 3 N–H and O–H groups in total. The lowest BCUT2D eigenvalue weighted by molar-refractivity contribution is 0.580. The summed E-state index contributed by atoms with van der Waals surface area (Å²) in [5.74, 6) is 0. The molecule has 0 bridgehead atoms. The summed E-state index contributed by atoms with van der Waals surface area (Å²) in [6.45, 7) is 1.83. The molecule has 20 heavy (non-hydrogen) atoms. The number of aromatic nitrogens is 2. The van der Waals surface area contributed by atoms with E-state index in [1.807, 2.05) is 0 Å². The lowest BCUT2D eigenvalue weighted by Crippen LogP contribution is -2.24. The second-order valence-electron chi connectivity index (χ2n) is 4.16. The van der Waals surface area contributed by atoms with Crippen LogP contribution in [0, 0.1) is 6.92 Å². The van der Waals surface area contributed by atoms with Gasteiger partial charge in [0.2, 0.25) is 10.0 Å². The van der Waals surface area contributed by atoms with E-state index in [9.17, 15) is 8.42 Å². The third-order valence-electron chi connectivity index (χ3n) is 2.52. The van der Waals surface area contributed by atoms with Crippen LogP contribution in [0.25, 0.3) is 0 Å². The Morgan fingerprint density at radius 2 is 2.05 bits per heavy atom. The monoisotopic (exact) mass is 312 g/mol. The van der Waals surface area contributed by atoms with Crippen LogP contribution in [-0.4, -0.2) is 18.4 Å². The van der Waals surface area contributed by atoms with Gasteiger partial charge in [-0.2, -0.15) is 0 Å². The normalized spacial score (nSPS) is 11.5. The van der Waals surface area contributed by atoms with E-state index in [1.165, 1.54) is 24.4 Å². The van der Waals surface area contributed by atoms with Crippen LogP contribution in [0.2, 0.25) is 5.02 Å². The van der Waals surface area contributed by atoms with Gasteiger partial charge < -0.3 is 5.73 Å². The van der Waals surface area contributed by atoms with Gasteiger partial charge in [-0.1, -0.05) is 11.6 Å². The Kier molecular flexibility index (Phi) is 4.22. The molecule has 106 valence electrons. The predicted octanol–water partition coefficient (Wildman–Crippen LogP) is 1.50. The van der Waals surface area contributed by atoms with Crippen molar-refractivity contribution in [2.45, 2.75) is 18.4 Å². The molecule has 0 amide bonds. The zero-order chi connectivity index (χ0) is 14.8. The second-order valence-corrected chi connectivity index (χ2v) is 6.31. The number of halogens is 1. The quantitative estimate of drug-likeness (QED) is 0.834. The Hall–Kier alpha value is -1.70. The van der Waals surface area contributed by atoms with E-state index in [1.54, 1.807) is 13.1 Å². The van der Waals surface area contributed by atoms with Crippen LogP contribution in [0.15, 0.2) is 35.5 Å². The summed E-state index contributed by atoms with van der Waals surface area (Å²) in [6, 6.07) is 4.29. The molecule has 0 spiro atoms. The Bertz CT molecular complexity index is 717. The van der Waals surface area contributed by atoms with E-state index in [0.29, 0.717) is 11.4 Å². The number of hydrogen-bond acceptors (Lipinski definition) is 5. The van der Waals surface area contributed by atoms with Crippen molar-refractivity contribution in [2.24, 2.45) is 0 Å². The number of nitrogen functional groups attached to an aromatic ring is 1. The molecule has 1 aromatic carbocycles. The molecule has 0 aliphatic rings. The van der Waals surface area contributed by atoms with Crippen molar-refractivity contribution in [3.8, 4) is 0 Å².